The van der Waals surface area contributed by atoms with E-state index in [-0.39, 0.29) is 11.8 Å². The molecule has 3 rings (SSSR count). The standard InChI is InChI=1S/C23H35N3O2/c1-3-4-5-6-7-22(27)24-19-10-11-21(26-14-12-17(2)13-15-26)20(16-19)23(28)25-18-8-9-18/h10-11,16-18H,3-9,12-15H2,1-2H3,(H,24,27)(H,25,28). The summed E-state index contributed by atoms with van der Waals surface area (Å²) < 4.78 is 0. The van der Waals surface area contributed by atoms with Gasteiger partial charge in [-0.1, -0.05) is 33.1 Å². The zero-order valence-corrected chi connectivity index (χ0v) is 17.4. The highest BCUT2D eigenvalue weighted by Gasteiger charge is 2.27. The van der Waals surface area contributed by atoms with Crippen LogP contribution in [0.1, 0.15) is 82.0 Å². The van der Waals surface area contributed by atoms with Crippen LogP contribution < -0.4 is 15.5 Å². The minimum atomic E-state index is -0.0184. The van der Waals surface area contributed by atoms with Gasteiger partial charge in [0.05, 0.1) is 5.56 Å². The van der Waals surface area contributed by atoms with Gasteiger partial charge in [-0.05, 0) is 56.2 Å². The summed E-state index contributed by atoms with van der Waals surface area (Å²) in [6.07, 6.45) is 9.31. The molecule has 1 aromatic rings. The second-order valence-electron chi connectivity index (χ2n) is 8.51. The van der Waals surface area contributed by atoms with Crippen LogP contribution in [0.4, 0.5) is 11.4 Å². The molecule has 0 spiro atoms. The number of unbranched alkanes of at least 4 members (excludes halogenated alkanes) is 3. The Bertz CT molecular complexity index is 676. The topological polar surface area (TPSA) is 61.4 Å². The van der Waals surface area contributed by atoms with E-state index in [9.17, 15) is 9.59 Å². The number of nitrogens with zero attached hydrogens (tertiary/aromatic N) is 1. The maximum Gasteiger partial charge on any atom is 0.253 e. The van der Waals surface area contributed by atoms with E-state index in [0.29, 0.717) is 18.0 Å². The molecule has 0 radical (unpaired) electrons. The quantitative estimate of drug-likeness (QED) is 0.605. The number of carbonyl (C=O) groups is 2. The van der Waals surface area contributed by atoms with Gasteiger partial charge in [-0.3, -0.25) is 9.59 Å². The van der Waals surface area contributed by atoms with Crippen LogP contribution in [0.25, 0.3) is 0 Å². The number of anilines is 2. The first kappa shape index (κ1) is 20.7. The molecule has 5 nitrogen and oxygen atoms in total. The first-order chi connectivity index (χ1) is 13.6. The summed E-state index contributed by atoms with van der Waals surface area (Å²) in [5, 5.41) is 6.09. The van der Waals surface area contributed by atoms with Crippen LogP contribution >= 0.6 is 0 Å². The molecule has 0 unspecified atom stereocenters. The van der Waals surface area contributed by atoms with E-state index in [4.69, 9.17) is 0 Å². The largest absolute Gasteiger partial charge is 0.371 e. The van der Waals surface area contributed by atoms with E-state index < -0.39 is 0 Å². The van der Waals surface area contributed by atoms with Gasteiger partial charge in [-0.2, -0.15) is 0 Å². The number of amides is 2. The number of benzene rings is 1. The number of hydrogen-bond acceptors (Lipinski definition) is 3. The molecule has 2 N–H and O–H groups in total. The lowest BCUT2D eigenvalue weighted by Crippen LogP contribution is -2.35. The normalized spacial score (nSPS) is 17.4. The molecular weight excluding hydrogens is 350 g/mol. The van der Waals surface area contributed by atoms with Crippen LogP contribution in [-0.4, -0.2) is 30.9 Å². The predicted molar refractivity (Wildman–Crippen MR) is 115 cm³/mol. The molecule has 0 aromatic heterocycles. The number of carbonyl (C=O) groups excluding carboxylic acids is 2. The molecule has 1 saturated heterocycles. The van der Waals surface area contributed by atoms with Crippen LogP contribution in [0.5, 0.6) is 0 Å². The molecule has 2 amide bonds. The summed E-state index contributed by atoms with van der Waals surface area (Å²) in [7, 11) is 0. The van der Waals surface area contributed by atoms with Crippen molar-refractivity contribution in [2.24, 2.45) is 5.92 Å². The lowest BCUT2D eigenvalue weighted by molar-refractivity contribution is -0.116. The van der Waals surface area contributed by atoms with Gasteiger partial charge in [0.25, 0.3) is 5.91 Å². The summed E-state index contributed by atoms with van der Waals surface area (Å²) in [6.45, 7) is 6.41. The fourth-order valence-corrected chi connectivity index (χ4v) is 3.75. The smallest absolute Gasteiger partial charge is 0.253 e. The molecule has 2 fully saturated rings. The third-order valence-corrected chi connectivity index (χ3v) is 5.82. The van der Waals surface area contributed by atoms with Gasteiger partial charge in [0, 0.05) is 36.9 Å². The molecule has 2 aliphatic rings. The van der Waals surface area contributed by atoms with Crippen molar-refractivity contribution >= 4 is 23.2 Å². The average Bonchev–Trinajstić information content (AvgIpc) is 3.50. The Balaban J connectivity index is 1.69. The van der Waals surface area contributed by atoms with Crippen LogP contribution in [0.2, 0.25) is 0 Å². The molecule has 0 bridgehead atoms. The van der Waals surface area contributed by atoms with Crippen LogP contribution in [0.3, 0.4) is 0 Å². The van der Waals surface area contributed by atoms with Crippen LogP contribution in [0, 0.1) is 5.92 Å². The number of rotatable bonds is 9. The molecule has 154 valence electrons. The third-order valence-electron chi connectivity index (χ3n) is 5.82. The van der Waals surface area contributed by atoms with Crippen molar-refractivity contribution < 1.29 is 9.59 Å². The summed E-state index contributed by atoms with van der Waals surface area (Å²) >= 11 is 0. The molecule has 1 aliphatic carbocycles. The van der Waals surface area contributed by atoms with Gasteiger partial charge in [0.15, 0.2) is 0 Å². The lowest BCUT2D eigenvalue weighted by atomic mass is 9.97. The minimum Gasteiger partial charge on any atom is -0.371 e. The number of piperidine rings is 1. The Kier molecular flexibility index (Phi) is 7.35. The lowest BCUT2D eigenvalue weighted by Gasteiger charge is -2.33. The Labute approximate surface area is 169 Å². The third kappa shape index (κ3) is 5.98. The highest BCUT2D eigenvalue weighted by molar-refractivity contribution is 6.02. The number of nitrogens with one attached hydrogen (secondary N) is 2. The van der Waals surface area contributed by atoms with Crippen molar-refractivity contribution in [3.05, 3.63) is 23.8 Å². The SMILES string of the molecule is CCCCCCC(=O)Nc1ccc(N2CCC(C)CC2)c(C(=O)NC2CC2)c1. The Morgan fingerprint density at radius 1 is 1.07 bits per heavy atom. The first-order valence-corrected chi connectivity index (χ1v) is 11.1. The molecule has 28 heavy (non-hydrogen) atoms. The van der Waals surface area contributed by atoms with Crippen molar-refractivity contribution in [1.82, 2.24) is 5.32 Å². The zero-order chi connectivity index (χ0) is 19.9. The second kappa shape index (κ2) is 9.94. The monoisotopic (exact) mass is 385 g/mol. The molecule has 1 aromatic carbocycles. The van der Waals surface area contributed by atoms with Gasteiger partial charge in [0.2, 0.25) is 5.91 Å². The molecule has 5 heteroatoms. The van der Waals surface area contributed by atoms with Gasteiger partial charge in [0.1, 0.15) is 0 Å². The van der Waals surface area contributed by atoms with E-state index in [1.807, 2.05) is 18.2 Å². The van der Waals surface area contributed by atoms with Crippen molar-refractivity contribution in [3.63, 3.8) is 0 Å². The van der Waals surface area contributed by atoms with Gasteiger partial charge < -0.3 is 15.5 Å². The molecule has 1 aliphatic heterocycles. The molecule has 0 atom stereocenters. The van der Waals surface area contributed by atoms with E-state index >= 15 is 0 Å². The molecular formula is C23H35N3O2. The Morgan fingerprint density at radius 3 is 2.50 bits per heavy atom. The Hall–Kier alpha value is -2.04. The second-order valence-corrected chi connectivity index (χ2v) is 8.51. The maximum atomic E-state index is 12.9. The summed E-state index contributed by atoms with van der Waals surface area (Å²) in [4.78, 5) is 27.4. The van der Waals surface area contributed by atoms with Crippen molar-refractivity contribution in [2.75, 3.05) is 23.3 Å². The summed E-state index contributed by atoms with van der Waals surface area (Å²) in [5.74, 6) is 0.755. The van der Waals surface area contributed by atoms with Crippen molar-refractivity contribution in [2.45, 2.75) is 77.7 Å². The number of hydrogen-bond donors (Lipinski definition) is 2. The zero-order valence-electron chi connectivity index (χ0n) is 17.4. The van der Waals surface area contributed by atoms with Crippen LogP contribution in [-0.2, 0) is 4.79 Å². The van der Waals surface area contributed by atoms with E-state index in [2.05, 4.69) is 29.4 Å². The van der Waals surface area contributed by atoms with E-state index in [0.717, 1.165) is 75.3 Å². The fraction of sp³-hybridized carbons (Fsp3) is 0.652. The maximum absolute atomic E-state index is 12.9. The van der Waals surface area contributed by atoms with Crippen molar-refractivity contribution in [1.29, 1.82) is 0 Å². The summed E-state index contributed by atoms with van der Waals surface area (Å²) in [5.41, 5.74) is 2.40. The van der Waals surface area contributed by atoms with Gasteiger partial charge in [-0.25, -0.2) is 0 Å². The van der Waals surface area contributed by atoms with Gasteiger partial charge >= 0.3 is 0 Å². The van der Waals surface area contributed by atoms with Gasteiger partial charge in [-0.15, -0.1) is 0 Å². The average molecular weight is 386 g/mol. The minimum absolute atomic E-state index is 0.0184. The fourth-order valence-electron chi connectivity index (χ4n) is 3.75. The van der Waals surface area contributed by atoms with E-state index in [1.165, 1.54) is 6.42 Å². The van der Waals surface area contributed by atoms with Crippen molar-refractivity contribution in [3.8, 4) is 0 Å². The van der Waals surface area contributed by atoms with E-state index in [1.54, 1.807) is 0 Å². The molecule has 1 heterocycles. The highest BCUT2D eigenvalue weighted by Crippen LogP contribution is 2.30. The highest BCUT2D eigenvalue weighted by atomic mass is 16.2. The predicted octanol–water partition coefficient (Wildman–Crippen LogP) is 4.72. The Morgan fingerprint density at radius 2 is 1.82 bits per heavy atom. The van der Waals surface area contributed by atoms with Crippen LogP contribution in [0.15, 0.2) is 18.2 Å². The first-order valence-electron chi connectivity index (χ1n) is 11.1. The summed E-state index contributed by atoms with van der Waals surface area (Å²) in [6, 6.07) is 6.11. The molecule has 1 saturated carbocycles.